The van der Waals surface area contributed by atoms with Gasteiger partial charge in [-0.3, -0.25) is 4.90 Å². The molecule has 0 aliphatic carbocycles. The number of ether oxygens (including phenoxy) is 3. The van der Waals surface area contributed by atoms with Gasteiger partial charge in [0, 0.05) is 25.5 Å². The van der Waals surface area contributed by atoms with Crippen molar-refractivity contribution in [1.29, 1.82) is 0 Å². The molecule has 2 aliphatic rings. The Labute approximate surface area is 149 Å². The summed E-state index contributed by atoms with van der Waals surface area (Å²) in [5, 5.41) is 0. The molecule has 0 saturated carbocycles. The van der Waals surface area contributed by atoms with Gasteiger partial charge in [0.2, 0.25) is 0 Å². The van der Waals surface area contributed by atoms with Crippen molar-refractivity contribution in [1.82, 2.24) is 4.90 Å². The highest BCUT2D eigenvalue weighted by molar-refractivity contribution is 5.83. The second kappa shape index (κ2) is 7.72. The lowest BCUT2D eigenvalue weighted by molar-refractivity contribution is -0.150. The van der Waals surface area contributed by atoms with Crippen LogP contribution in [0.5, 0.6) is 0 Å². The smallest absolute Gasteiger partial charge is 0.411 e. The molecule has 0 N–H and O–H groups in total. The molecule has 4 atom stereocenters. The lowest BCUT2D eigenvalue weighted by Crippen LogP contribution is -2.48. The van der Waals surface area contributed by atoms with E-state index in [4.69, 9.17) is 14.2 Å². The minimum atomic E-state index is -0.805. The third kappa shape index (κ3) is 4.93. The molecule has 0 aromatic rings. The number of carbonyl (C=O) groups is 3. The van der Waals surface area contributed by atoms with Crippen LogP contribution in [0.25, 0.3) is 0 Å². The first-order valence-electron chi connectivity index (χ1n) is 8.81. The van der Waals surface area contributed by atoms with E-state index < -0.39 is 29.8 Å². The molecule has 2 saturated heterocycles. The van der Waals surface area contributed by atoms with Crippen molar-refractivity contribution in [3.63, 3.8) is 0 Å². The van der Waals surface area contributed by atoms with Gasteiger partial charge in [-0.25, -0.2) is 9.59 Å². The van der Waals surface area contributed by atoms with E-state index in [-0.39, 0.29) is 17.6 Å². The van der Waals surface area contributed by atoms with Crippen LogP contribution < -0.4 is 0 Å². The summed E-state index contributed by atoms with van der Waals surface area (Å²) in [5.74, 6) is -0.147. The zero-order valence-corrected chi connectivity index (χ0v) is 15.7. The number of esters is 1. The van der Waals surface area contributed by atoms with Crippen molar-refractivity contribution < 1.29 is 28.6 Å². The van der Waals surface area contributed by atoms with E-state index in [9.17, 15) is 14.4 Å². The Morgan fingerprint density at radius 3 is 2.48 bits per heavy atom. The predicted molar refractivity (Wildman–Crippen MR) is 90.0 cm³/mol. The van der Waals surface area contributed by atoms with Gasteiger partial charge in [-0.05, 0) is 46.5 Å². The third-order valence-electron chi connectivity index (χ3n) is 4.66. The van der Waals surface area contributed by atoms with E-state index in [1.807, 2.05) is 0 Å². The highest BCUT2D eigenvalue weighted by Crippen LogP contribution is 2.37. The molecule has 2 aliphatic heterocycles. The average molecular weight is 355 g/mol. The Kier molecular flexibility index (Phi) is 6.08. The maximum absolute atomic E-state index is 12.6. The molecule has 2 rings (SSSR count). The fraction of sp³-hybridized carbons (Fsp3) is 0.833. The van der Waals surface area contributed by atoms with Gasteiger partial charge < -0.3 is 19.0 Å². The van der Waals surface area contributed by atoms with Gasteiger partial charge in [0.25, 0.3) is 0 Å². The van der Waals surface area contributed by atoms with Crippen LogP contribution in [0, 0.1) is 11.8 Å². The number of hydrogen-bond acceptors (Lipinski definition) is 6. The lowest BCUT2D eigenvalue weighted by atomic mass is 9.87. The monoisotopic (exact) mass is 355 g/mol. The standard InChI is InChI=1S/C18H29NO6/c1-11(20)8-12-6-7-24-15-13(9-12)10-19(14(15)16(21)23-5)17(22)25-18(2,3)4/h12-15H,6-10H2,1-5H3/t12-,13-,14-,15+/m0/s1. The number of Topliss-reactive ketones (excluding diaryl/α,β-unsaturated/α-hetero) is 1. The van der Waals surface area contributed by atoms with E-state index in [1.165, 1.54) is 12.0 Å². The number of fused-ring (bicyclic) bond motifs is 1. The first kappa shape index (κ1) is 19.7. The number of ketones is 1. The number of hydrogen-bond donors (Lipinski definition) is 0. The van der Waals surface area contributed by atoms with Gasteiger partial charge in [0.05, 0.1) is 13.2 Å². The van der Waals surface area contributed by atoms with E-state index in [1.54, 1.807) is 27.7 Å². The second-order valence-electron chi connectivity index (χ2n) is 7.99. The van der Waals surface area contributed by atoms with Crippen molar-refractivity contribution in [2.75, 3.05) is 20.3 Å². The predicted octanol–water partition coefficient (Wildman–Crippen LogP) is 2.17. The fourth-order valence-electron chi connectivity index (χ4n) is 3.74. The van der Waals surface area contributed by atoms with Crippen LogP contribution in [0.3, 0.4) is 0 Å². The Morgan fingerprint density at radius 1 is 1.24 bits per heavy atom. The highest BCUT2D eigenvalue weighted by atomic mass is 16.6. The normalized spacial score (nSPS) is 29.6. The minimum Gasteiger partial charge on any atom is -0.467 e. The van der Waals surface area contributed by atoms with Gasteiger partial charge in [-0.2, -0.15) is 0 Å². The lowest BCUT2D eigenvalue weighted by Gasteiger charge is -2.28. The summed E-state index contributed by atoms with van der Waals surface area (Å²) in [6, 6.07) is -0.805. The quantitative estimate of drug-likeness (QED) is 0.722. The molecule has 0 aromatic heterocycles. The van der Waals surface area contributed by atoms with E-state index in [0.717, 1.165) is 12.8 Å². The number of carbonyl (C=O) groups excluding carboxylic acids is 3. The molecule has 25 heavy (non-hydrogen) atoms. The van der Waals surface area contributed by atoms with Crippen LogP contribution in [0.4, 0.5) is 4.79 Å². The summed E-state index contributed by atoms with van der Waals surface area (Å²) in [7, 11) is 1.30. The number of likely N-dealkylation sites (tertiary alicyclic amines) is 1. The molecule has 2 fully saturated rings. The van der Waals surface area contributed by atoms with Crippen LogP contribution in [0.15, 0.2) is 0 Å². The summed E-state index contributed by atoms with van der Waals surface area (Å²) in [6.45, 7) is 7.77. The molecule has 0 aromatic carbocycles. The Bertz CT molecular complexity index is 526. The average Bonchev–Trinajstić information content (AvgIpc) is 2.72. The molecule has 142 valence electrons. The van der Waals surface area contributed by atoms with Crippen molar-refractivity contribution in [2.24, 2.45) is 11.8 Å². The molecule has 0 unspecified atom stereocenters. The summed E-state index contributed by atoms with van der Waals surface area (Å²) in [5.41, 5.74) is -0.652. The van der Waals surface area contributed by atoms with E-state index >= 15 is 0 Å². The van der Waals surface area contributed by atoms with E-state index in [0.29, 0.717) is 19.6 Å². The van der Waals surface area contributed by atoms with Crippen LogP contribution in [0.1, 0.15) is 47.0 Å². The zero-order chi connectivity index (χ0) is 18.8. The number of methoxy groups -OCH3 is 1. The topological polar surface area (TPSA) is 82.1 Å². The molecular formula is C18H29NO6. The van der Waals surface area contributed by atoms with Gasteiger partial charge in [-0.1, -0.05) is 0 Å². The van der Waals surface area contributed by atoms with Crippen LogP contribution in [-0.2, 0) is 23.8 Å². The van der Waals surface area contributed by atoms with Crippen LogP contribution >= 0.6 is 0 Å². The number of rotatable bonds is 3. The Morgan fingerprint density at radius 2 is 1.92 bits per heavy atom. The number of amides is 1. The van der Waals surface area contributed by atoms with Crippen LogP contribution in [-0.4, -0.2) is 60.8 Å². The largest absolute Gasteiger partial charge is 0.467 e. The zero-order valence-electron chi connectivity index (χ0n) is 15.7. The third-order valence-corrected chi connectivity index (χ3v) is 4.66. The highest BCUT2D eigenvalue weighted by Gasteiger charge is 2.51. The molecule has 0 radical (unpaired) electrons. The van der Waals surface area contributed by atoms with Crippen molar-refractivity contribution in [3.05, 3.63) is 0 Å². The summed E-state index contributed by atoms with van der Waals surface area (Å²) < 4.78 is 16.3. The first-order chi connectivity index (χ1) is 11.6. The van der Waals surface area contributed by atoms with Gasteiger partial charge >= 0.3 is 12.1 Å². The minimum absolute atomic E-state index is 0.0107. The van der Waals surface area contributed by atoms with Crippen molar-refractivity contribution in [3.8, 4) is 0 Å². The summed E-state index contributed by atoms with van der Waals surface area (Å²) >= 11 is 0. The second-order valence-corrected chi connectivity index (χ2v) is 7.99. The maximum Gasteiger partial charge on any atom is 0.411 e. The molecule has 0 spiro atoms. The van der Waals surface area contributed by atoms with Gasteiger partial charge in [0.1, 0.15) is 11.4 Å². The SMILES string of the molecule is COC(=O)[C@@H]1[C@@H]2OCC[C@@H](CC(C)=O)C[C@H]2CN1C(=O)OC(C)(C)C. The number of nitrogens with zero attached hydrogens (tertiary/aromatic N) is 1. The molecule has 1 amide bonds. The van der Waals surface area contributed by atoms with Crippen molar-refractivity contribution >= 4 is 17.8 Å². The molecule has 7 nitrogen and oxygen atoms in total. The van der Waals surface area contributed by atoms with Crippen LogP contribution in [0.2, 0.25) is 0 Å². The molecule has 0 bridgehead atoms. The maximum atomic E-state index is 12.6. The fourth-order valence-corrected chi connectivity index (χ4v) is 3.74. The summed E-state index contributed by atoms with van der Waals surface area (Å²) in [4.78, 5) is 37.8. The molecule has 7 heteroatoms. The Balaban J connectivity index is 2.20. The van der Waals surface area contributed by atoms with Crippen molar-refractivity contribution in [2.45, 2.75) is 64.7 Å². The van der Waals surface area contributed by atoms with E-state index in [2.05, 4.69) is 0 Å². The van der Waals surface area contributed by atoms with Gasteiger partial charge in [0.15, 0.2) is 6.04 Å². The van der Waals surface area contributed by atoms with Gasteiger partial charge in [-0.15, -0.1) is 0 Å². The summed E-state index contributed by atoms with van der Waals surface area (Å²) in [6.07, 6.45) is 1.07. The first-order valence-corrected chi connectivity index (χ1v) is 8.81. The Hall–Kier alpha value is -1.63. The molecular weight excluding hydrogens is 326 g/mol. The molecule has 2 heterocycles.